The van der Waals surface area contributed by atoms with Gasteiger partial charge in [-0.25, -0.2) is 4.98 Å². The molecule has 1 amide bonds. The third-order valence-electron chi connectivity index (χ3n) is 10.1. The van der Waals surface area contributed by atoms with Crippen LogP contribution < -0.4 is 26.1 Å². The first-order chi connectivity index (χ1) is 24.2. The number of hydrogen-bond donors (Lipinski definition) is 2. The Labute approximate surface area is 295 Å². The van der Waals surface area contributed by atoms with Crippen molar-refractivity contribution < 1.29 is 14.3 Å². The summed E-state index contributed by atoms with van der Waals surface area (Å²) < 4.78 is 7.52. The van der Waals surface area contributed by atoms with Gasteiger partial charge in [0.1, 0.15) is 17.3 Å². The molecule has 4 aliphatic rings. The molecule has 0 atom stereocenters. The first-order valence-electron chi connectivity index (χ1n) is 17.7. The lowest BCUT2D eigenvalue weighted by molar-refractivity contribution is -0.104. The van der Waals surface area contributed by atoms with Crippen LogP contribution in [0.5, 0.6) is 0 Å². The van der Waals surface area contributed by atoms with Crippen LogP contribution in [0.25, 0.3) is 12.2 Å². The molecule has 11 nitrogen and oxygen atoms in total. The molecule has 0 saturated carbocycles. The second kappa shape index (κ2) is 14.6. The molecule has 2 saturated heterocycles. The monoisotopic (exact) mass is 678 g/mol. The number of anilines is 3. The van der Waals surface area contributed by atoms with Gasteiger partial charge in [-0.1, -0.05) is 46.9 Å². The summed E-state index contributed by atoms with van der Waals surface area (Å²) >= 11 is 0. The highest BCUT2D eigenvalue weighted by Crippen LogP contribution is 2.39. The number of ether oxygens (including phenoxy) is 1. The van der Waals surface area contributed by atoms with Crippen molar-refractivity contribution in [1.82, 2.24) is 29.7 Å². The molecule has 0 unspecified atom stereocenters. The van der Waals surface area contributed by atoms with Gasteiger partial charge >= 0.3 is 0 Å². The molecule has 0 spiro atoms. The lowest BCUT2D eigenvalue weighted by atomic mass is 9.90. The van der Waals surface area contributed by atoms with Crippen LogP contribution >= 0.6 is 0 Å². The van der Waals surface area contributed by atoms with E-state index in [1.807, 2.05) is 38.2 Å². The minimum Gasteiger partial charge on any atom is -0.378 e. The number of nitrogens with zero attached hydrogens (tertiary/aromatic N) is 6. The fourth-order valence-electron chi connectivity index (χ4n) is 7.48. The van der Waals surface area contributed by atoms with E-state index in [0.29, 0.717) is 63.9 Å². The zero-order valence-electron chi connectivity index (χ0n) is 30.1. The summed E-state index contributed by atoms with van der Waals surface area (Å²) in [4.78, 5) is 42.4. The van der Waals surface area contributed by atoms with Crippen molar-refractivity contribution in [1.29, 1.82) is 0 Å². The Morgan fingerprint density at radius 2 is 1.78 bits per heavy atom. The highest BCUT2D eigenvalue weighted by molar-refractivity contribution is 6.00. The minimum absolute atomic E-state index is 0.126. The first-order valence-corrected chi connectivity index (χ1v) is 17.7. The Balaban J connectivity index is 0.00000212. The van der Waals surface area contributed by atoms with E-state index >= 15 is 0 Å². The van der Waals surface area contributed by atoms with Gasteiger partial charge < -0.3 is 24.8 Å². The summed E-state index contributed by atoms with van der Waals surface area (Å²) in [5, 5.41) is 7.70. The van der Waals surface area contributed by atoms with E-state index in [1.54, 1.807) is 24.2 Å². The largest absolute Gasteiger partial charge is 0.378 e. The highest BCUT2D eigenvalue weighted by Gasteiger charge is 2.37. The SMILES string of the molecule is C=CC(/C(C=O)=C(\NC)N1CCn2c(cc3c2CC(C)(C)C3)C1=O)=c1\cnc(=C)c(Nc2ccc(N3CCN(C4COC4)CC3)cn2)c1.CC. The molecule has 264 valence electrons. The predicted molar refractivity (Wildman–Crippen MR) is 199 cm³/mol. The first kappa shape index (κ1) is 35.1. The molecule has 11 heteroatoms. The van der Waals surface area contributed by atoms with Crippen LogP contribution in [0.3, 0.4) is 0 Å². The summed E-state index contributed by atoms with van der Waals surface area (Å²) in [7, 11) is 1.73. The fourth-order valence-corrected chi connectivity index (χ4v) is 7.48. The molecule has 50 heavy (non-hydrogen) atoms. The Morgan fingerprint density at radius 3 is 2.40 bits per heavy atom. The standard InChI is InChI=1S/C37H44N8O3.C2H6/c1-6-29(30(21-46)35(38-5)45-14-13-44-32(36(45)47)16-25-17-37(3,4)18-33(25)44)26-15-31(24(2)39-19-26)41-34-8-7-27(20-40-34)42-9-11-43(12-10-42)28-22-48-23-28;1-2/h6-8,15-16,19-21,28,38H,1-2,9-14,17-18,22-23H2,3-5H3,(H,40,41);1-2H3/b29-26+,35-30+;. The average molecular weight is 679 g/mol. The van der Waals surface area contributed by atoms with Crippen LogP contribution in [-0.4, -0.2) is 95.6 Å². The normalized spacial score (nSPS) is 19.7. The lowest BCUT2D eigenvalue weighted by Gasteiger charge is -2.43. The number of amides is 1. The summed E-state index contributed by atoms with van der Waals surface area (Å²) in [5.41, 5.74) is 5.99. The van der Waals surface area contributed by atoms with E-state index < -0.39 is 0 Å². The molecular weight excluding hydrogens is 628 g/mol. The summed E-state index contributed by atoms with van der Waals surface area (Å²) in [6, 6.07) is 8.51. The number of aldehydes is 1. The maximum atomic E-state index is 13.9. The van der Waals surface area contributed by atoms with Crippen molar-refractivity contribution in [3.05, 3.63) is 88.2 Å². The zero-order chi connectivity index (χ0) is 35.6. The quantitative estimate of drug-likeness (QED) is 0.261. The molecule has 0 bridgehead atoms. The van der Waals surface area contributed by atoms with Crippen LogP contribution in [0.15, 0.2) is 60.7 Å². The van der Waals surface area contributed by atoms with Crippen LogP contribution in [0.4, 0.5) is 17.2 Å². The third kappa shape index (κ3) is 6.72. The summed E-state index contributed by atoms with van der Waals surface area (Å²) in [6.45, 7) is 23.4. The Hall–Kier alpha value is -4.74. The number of piperazine rings is 1. The van der Waals surface area contributed by atoms with E-state index in [1.165, 1.54) is 11.3 Å². The number of allylic oxidation sites excluding steroid dienone is 2. The topological polar surface area (TPSA) is 108 Å². The van der Waals surface area contributed by atoms with Gasteiger partial charge in [0, 0.05) is 63.4 Å². The van der Waals surface area contributed by atoms with Gasteiger partial charge in [-0.05, 0) is 53.7 Å². The molecule has 2 N–H and O–H groups in total. The number of hydrogen-bond acceptors (Lipinski definition) is 9. The van der Waals surface area contributed by atoms with Crippen molar-refractivity contribution in [3.8, 4) is 0 Å². The van der Waals surface area contributed by atoms with Crippen molar-refractivity contribution in [2.75, 3.05) is 63.2 Å². The molecular formula is C39H50N8O3. The number of carbonyl (C=O) groups is 2. The molecule has 6 heterocycles. The Morgan fingerprint density at radius 1 is 1.02 bits per heavy atom. The van der Waals surface area contributed by atoms with Gasteiger partial charge in [0.15, 0.2) is 6.29 Å². The van der Waals surface area contributed by atoms with Crippen LogP contribution in [0.1, 0.15) is 49.4 Å². The van der Waals surface area contributed by atoms with Gasteiger partial charge in [0.25, 0.3) is 5.91 Å². The molecule has 3 aromatic heterocycles. The predicted octanol–water partition coefficient (Wildman–Crippen LogP) is 3.23. The molecule has 3 aromatic rings. The minimum atomic E-state index is -0.126. The van der Waals surface area contributed by atoms with Gasteiger partial charge in [-0.3, -0.25) is 24.4 Å². The summed E-state index contributed by atoms with van der Waals surface area (Å²) in [5.74, 6) is 0.968. The third-order valence-corrected chi connectivity index (χ3v) is 10.1. The van der Waals surface area contributed by atoms with Crippen molar-refractivity contribution >= 4 is 41.5 Å². The van der Waals surface area contributed by atoms with Crippen LogP contribution in [0.2, 0.25) is 0 Å². The molecule has 2 fully saturated rings. The van der Waals surface area contributed by atoms with E-state index in [0.717, 1.165) is 64.2 Å². The van der Waals surface area contributed by atoms with Gasteiger partial charge in [0.2, 0.25) is 0 Å². The Bertz CT molecular complexity index is 1900. The lowest BCUT2D eigenvalue weighted by Crippen LogP contribution is -2.56. The number of nitrogens with one attached hydrogen (secondary N) is 2. The molecule has 1 aliphatic carbocycles. The molecule has 7 rings (SSSR count). The van der Waals surface area contributed by atoms with Crippen LogP contribution in [0, 0.1) is 5.41 Å². The maximum Gasteiger partial charge on any atom is 0.276 e. The van der Waals surface area contributed by atoms with E-state index in [9.17, 15) is 9.59 Å². The molecule has 0 aromatic carbocycles. The number of carbonyl (C=O) groups excluding carboxylic acids is 2. The smallest absolute Gasteiger partial charge is 0.276 e. The van der Waals surface area contributed by atoms with Gasteiger partial charge in [0.05, 0.1) is 47.7 Å². The summed E-state index contributed by atoms with van der Waals surface area (Å²) in [6.07, 6.45) is 7.87. The number of fused-ring (bicyclic) bond motifs is 3. The second-order valence-corrected chi connectivity index (χ2v) is 13.8. The molecule has 0 radical (unpaired) electrons. The fraction of sp³-hybridized carbons (Fsp3) is 0.436. The highest BCUT2D eigenvalue weighted by atomic mass is 16.5. The number of rotatable bonds is 9. The maximum absolute atomic E-state index is 13.9. The van der Waals surface area contributed by atoms with Crippen molar-refractivity contribution in [2.45, 2.75) is 53.1 Å². The zero-order valence-corrected chi connectivity index (χ0v) is 30.1. The number of aromatic nitrogens is 3. The van der Waals surface area contributed by atoms with E-state index in [4.69, 9.17) is 4.74 Å². The average Bonchev–Trinajstić information content (AvgIpc) is 3.59. The number of pyridine rings is 2. The van der Waals surface area contributed by atoms with Crippen LogP contribution in [-0.2, 0) is 28.9 Å². The molecule has 3 aliphatic heterocycles. The van der Waals surface area contributed by atoms with Gasteiger partial charge in [-0.2, -0.15) is 0 Å². The van der Waals surface area contributed by atoms with E-state index in [2.05, 4.69) is 68.0 Å². The second-order valence-electron chi connectivity index (χ2n) is 13.8. The van der Waals surface area contributed by atoms with E-state index in [-0.39, 0.29) is 11.3 Å². The van der Waals surface area contributed by atoms with Crippen molar-refractivity contribution in [2.24, 2.45) is 5.41 Å². The Kier molecular flexibility index (Phi) is 10.3. The van der Waals surface area contributed by atoms with Gasteiger partial charge in [-0.15, -0.1) is 0 Å². The van der Waals surface area contributed by atoms with Crippen molar-refractivity contribution in [3.63, 3.8) is 0 Å².